The van der Waals surface area contributed by atoms with Crippen LogP contribution in [0.5, 0.6) is 0 Å². The second-order valence-corrected chi connectivity index (χ2v) is 10.2. The van der Waals surface area contributed by atoms with E-state index in [0.29, 0.717) is 34.3 Å². The summed E-state index contributed by atoms with van der Waals surface area (Å²) in [6, 6.07) is 9.78. The van der Waals surface area contributed by atoms with Crippen LogP contribution in [-0.2, 0) is 0 Å². The Hall–Kier alpha value is -3.81. The largest absolute Gasteiger partial charge is 0.357 e. The number of aromatic amines is 1. The van der Waals surface area contributed by atoms with Crippen molar-refractivity contribution >= 4 is 16.8 Å². The third-order valence-electron chi connectivity index (χ3n) is 7.50. The van der Waals surface area contributed by atoms with Gasteiger partial charge in [0.15, 0.2) is 0 Å². The molecule has 1 N–H and O–H groups in total. The molecule has 1 aromatic carbocycles. The highest BCUT2D eigenvalue weighted by Gasteiger charge is 2.33. The minimum Gasteiger partial charge on any atom is -0.357 e. The normalized spacial score (nSPS) is 18.0. The lowest BCUT2D eigenvalue weighted by atomic mass is 9.96. The smallest absolute Gasteiger partial charge is 0.280 e. The van der Waals surface area contributed by atoms with Crippen LogP contribution in [0.4, 0.5) is 8.78 Å². The standard InChI is InChI=1S/C28H24F2N4O2/c29-18-5-6-20(22(11-18)27(35)33-12-19(30)13-33)17-9-24(16-3-4-16)32-25(10-17)34-14-23(15-1-2-15)21-7-8-31-26(21)28(34)36/h5-11,14-16,19,31H,1-4,12-13H2. The highest BCUT2D eigenvalue weighted by Crippen LogP contribution is 2.43. The molecule has 0 atom stereocenters. The van der Waals surface area contributed by atoms with Gasteiger partial charge in [-0.15, -0.1) is 0 Å². The quantitative estimate of drug-likeness (QED) is 0.428. The molecule has 0 bridgehead atoms. The summed E-state index contributed by atoms with van der Waals surface area (Å²) >= 11 is 0. The molecule has 1 saturated heterocycles. The van der Waals surface area contributed by atoms with Crippen LogP contribution in [0.25, 0.3) is 27.8 Å². The number of alkyl halides is 1. The Bertz CT molecular complexity index is 1590. The molecule has 8 heteroatoms. The maximum absolute atomic E-state index is 14.2. The molecule has 1 amide bonds. The molecular weight excluding hydrogens is 462 g/mol. The molecule has 3 fully saturated rings. The summed E-state index contributed by atoms with van der Waals surface area (Å²) in [5.41, 5.74) is 3.77. The highest BCUT2D eigenvalue weighted by molar-refractivity contribution is 6.01. The number of benzene rings is 1. The number of H-pyrrole nitrogens is 1. The fourth-order valence-corrected chi connectivity index (χ4v) is 5.17. The first-order valence-electron chi connectivity index (χ1n) is 12.4. The van der Waals surface area contributed by atoms with Gasteiger partial charge >= 0.3 is 0 Å². The number of carbonyl (C=O) groups is 1. The first kappa shape index (κ1) is 21.5. The molecular formula is C28H24F2N4O2. The van der Waals surface area contributed by atoms with Crippen LogP contribution in [-0.4, -0.2) is 44.6 Å². The molecule has 36 heavy (non-hydrogen) atoms. The van der Waals surface area contributed by atoms with Crippen molar-refractivity contribution in [3.8, 4) is 16.9 Å². The minimum absolute atomic E-state index is 0.0131. The van der Waals surface area contributed by atoms with Crippen molar-refractivity contribution in [1.82, 2.24) is 19.4 Å². The second kappa shape index (κ2) is 7.85. The first-order chi connectivity index (χ1) is 17.5. The Morgan fingerprint density at radius 3 is 2.53 bits per heavy atom. The number of likely N-dealkylation sites (tertiary alicyclic amines) is 1. The molecule has 2 aliphatic carbocycles. The van der Waals surface area contributed by atoms with E-state index in [0.717, 1.165) is 42.3 Å². The summed E-state index contributed by atoms with van der Waals surface area (Å²) in [6.45, 7) is 0.0262. The van der Waals surface area contributed by atoms with Gasteiger partial charge in [0.05, 0.1) is 18.7 Å². The average Bonchev–Trinajstić information content (AvgIpc) is 3.79. The van der Waals surface area contributed by atoms with Crippen LogP contribution in [0.2, 0.25) is 0 Å². The number of pyridine rings is 2. The van der Waals surface area contributed by atoms with Crippen molar-refractivity contribution in [3.63, 3.8) is 0 Å². The van der Waals surface area contributed by atoms with E-state index in [1.807, 2.05) is 18.3 Å². The van der Waals surface area contributed by atoms with E-state index in [1.165, 1.54) is 17.0 Å². The molecule has 0 unspecified atom stereocenters. The molecule has 0 radical (unpaired) electrons. The van der Waals surface area contributed by atoms with E-state index < -0.39 is 17.9 Å². The van der Waals surface area contributed by atoms with Gasteiger partial charge in [-0.25, -0.2) is 13.8 Å². The lowest BCUT2D eigenvalue weighted by Crippen LogP contribution is -2.51. The summed E-state index contributed by atoms with van der Waals surface area (Å²) in [5.74, 6) is 0.273. The molecule has 6 nitrogen and oxygen atoms in total. The zero-order valence-corrected chi connectivity index (χ0v) is 19.5. The van der Waals surface area contributed by atoms with Gasteiger partial charge in [0.25, 0.3) is 11.5 Å². The van der Waals surface area contributed by atoms with Gasteiger partial charge < -0.3 is 9.88 Å². The van der Waals surface area contributed by atoms with Crippen molar-refractivity contribution in [2.45, 2.75) is 43.7 Å². The van der Waals surface area contributed by atoms with Crippen LogP contribution in [0.1, 0.15) is 59.1 Å². The van der Waals surface area contributed by atoms with Gasteiger partial charge in [0.1, 0.15) is 23.3 Å². The molecule has 182 valence electrons. The first-order valence-corrected chi connectivity index (χ1v) is 12.4. The van der Waals surface area contributed by atoms with Crippen LogP contribution in [0, 0.1) is 5.82 Å². The van der Waals surface area contributed by atoms with Gasteiger partial charge in [0.2, 0.25) is 0 Å². The predicted molar refractivity (Wildman–Crippen MR) is 132 cm³/mol. The fraction of sp³-hybridized carbons (Fsp3) is 0.321. The summed E-state index contributed by atoms with van der Waals surface area (Å²) < 4.78 is 29.3. The number of hydrogen-bond acceptors (Lipinski definition) is 3. The van der Waals surface area contributed by atoms with Gasteiger partial charge in [-0.3, -0.25) is 14.2 Å². The Morgan fingerprint density at radius 1 is 1.03 bits per heavy atom. The lowest BCUT2D eigenvalue weighted by molar-refractivity contribution is 0.0400. The van der Waals surface area contributed by atoms with E-state index in [-0.39, 0.29) is 24.2 Å². The van der Waals surface area contributed by atoms with Gasteiger partial charge in [0, 0.05) is 29.4 Å². The van der Waals surface area contributed by atoms with E-state index in [4.69, 9.17) is 4.98 Å². The van der Waals surface area contributed by atoms with Crippen molar-refractivity contribution < 1.29 is 13.6 Å². The maximum atomic E-state index is 14.2. The Balaban J connectivity index is 1.40. The highest BCUT2D eigenvalue weighted by atomic mass is 19.1. The monoisotopic (exact) mass is 486 g/mol. The van der Waals surface area contributed by atoms with Gasteiger partial charge in [-0.05, 0) is 78.6 Å². The number of aromatic nitrogens is 3. The summed E-state index contributed by atoms with van der Waals surface area (Å²) in [6.07, 6.45) is 6.85. The van der Waals surface area contributed by atoms with E-state index >= 15 is 0 Å². The third kappa shape index (κ3) is 3.54. The van der Waals surface area contributed by atoms with Crippen LogP contribution >= 0.6 is 0 Å². The summed E-state index contributed by atoms with van der Waals surface area (Å²) in [7, 11) is 0. The van der Waals surface area contributed by atoms with Crippen molar-refractivity contribution in [2.24, 2.45) is 0 Å². The molecule has 4 heterocycles. The van der Waals surface area contributed by atoms with Crippen LogP contribution in [0.15, 0.2) is 53.6 Å². The molecule has 3 aliphatic rings. The number of nitrogens with zero attached hydrogens (tertiary/aromatic N) is 3. The maximum Gasteiger partial charge on any atom is 0.280 e. The van der Waals surface area contributed by atoms with Crippen LogP contribution in [0.3, 0.4) is 0 Å². The zero-order chi connectivity index (χ0) is 24.6. The van der Waals surface area contributed by atoms with Crippen LogP contribution < -0.4 is 5.56 Å². The SMILES string of the molecule is O=C(c1cc(F)ccc1-c1cc(C2CC2)nc(-n2cc(C3CC3)c3cc[nH]c3c2=O)c1)N1CC(F)C1. The molecule has 3 aromatic heterocycles. The Labute approximate surface area is 205 Å². The number of nitrogens with one attached hydrogen (secondary N) is 1. The minimum atomic E-state index is -1.05. The molecule has 7 rings (SSSR count). The lowest BCUT2D eigenvalue weighted by Gasteiger charge is -2.34. The summed E-state index contributed by atoms with van der Waals surface area (Å²) in [4.78, 5) is 35.9. The topological polar surface area (TPSA) is 71.0 Å². The van der Waals surface area contributed by atoms with Gasteiger partial charge in [-0.2, -0.15) is 0 Å². The van der Waals surface area contributed by atoms with Crippen molar-refractivity contribution in [2.75, 3.05) is 13.1 Å². The van der Waals surface area contributed by atoms with E-state index in [1.54, 1.807) is 22.9 Å². The molecule has 0 spiro atoms. The number of carbonyl (C=O) groups excluding carboxylic acids is 1. The number of halogens is 2. The fourth-order valence-electron chi connectivity index (χ4n) is 5.17. The predicted octanol–water partition coefficient (Wildman–Crippen LogP) is 5.07. The molecule has 2 saturated carbocycles. The van der Waals surface area contributed by atoms with Crippen molar-refractivity contribution in [1.29, 1.82) is 0 Å². The number of hydrogen-bond donors (Lipinski definition) is 1. The van der Waals surface area contributed by atoms with Gasteiger partial charge in [-0.1, -0.05) is 6.07 Å². The third-order valence-corrected chi connectivity index (χ3v) is 7.50. The number of amides is 1. The average molecular weight is 487 g/mol. The summed E-state index contributed by atoms with van der Waals surface area (Å²) in [5, 5.41) is 0.949. The van der Waals surface area contributed by atoms with E-state index in [9.17, 15) is 18.4 Å². The molecule has 4 aromatic rings. The Kier molecular flexibility index (Phi) is 4.68. The molecule has 1 aliphatic heterocycles. The number of fused-ring (bicyclic) bond motifs is 1. The second-order valence-electron chi connectivity index (χ2n) is 10.2. The number of rotatable bonds is 5. The Morgan fingerprint density at radius 2 is 1.81 bits per heavy atom. The zero-order valence-electron chi connectivity index (χ0n) is 19.5. The van der Waals surface area contributed by atoms with Crippen molar-refractivity contribution in [3.05, 3.63) is 81.8 Å². The van der Waals surface area contributed by atoms with E-state index in [2.05, 4.69) is 4.98 Å².